The Morgan fingerprint density at radius 2 is 1.74 bits per heavy atom. The van der Waals surface area contributed by atoms with Crippen molar-refractivity contribution in [2.24, 2.45) is 0 Å². The first-order chi connectivity index (χ1) is 13.0. The van der Waals surface area contributed by atoms with E-state index in [0.717, 1.165) is 5.56 Å². The van der Waals surface area contributed by atoms with E-state index in [2.05, 4.69) is 5.32 Å². The van der Waals surface area contributed by atoms with E-state index < -0.39 is 10.8 Å². The lowest BCUT2D eigenvalue weighted by Crippen LogP contribution is -2.24. The van der Waals surface area contributed by atoms with Crippen molar-refractivity contribution in [2.45, 2.75) is 6.54 Å². The molecule has 27 heavy (non-hydrogen) atoms. The van der Waals surface area contributed by atoms with E-state index in [9.17, 15) is 14.9 Å². The molecule has 0 atom stereocenters. The molecule has 0 spiro atoms. The van der Waals surface area contributed by atoms with Crippen LogP contribution in [0.2, 0.25) is 5.02 Å². The first-order valence-corrected chi connectivity index (χ1v) is 8.45. The van der Waals surface area contributed by atoms with Crippen LogP contribution >= 0.6 is 11.6 Å². The van der Waals surface area contributed by atoms with Gasteiger partial charge in [0.15, 0.2) is 0 Å². The van der Waals surface area contributed by atoms with E-state index >= 15 is 0 Å². The quantitative estimate of drug-likeness (QED) is 0.482. The molecule has 0 saturated heterocycles. The molecule has 3 rings (SSSR count). The summed E-state index contributed by atoms with van der Waals surface area (Å²) in [5.41, 5.74) is 0.346. The smallest absolute Gasteiger partial charge is 0.282 e. The maximum Gasteiger partial charge on any atom is 0.282 e. The number of benzene rings is 3. The summed E-state index contributed by atoms with van der Waals surface area (Å²) in [6.07, 6.45) is 0. The van der Waals surface area contributed by atoms with Gasteiger partial charge in [0, 0.05) is 23.2 Å². The Morgan fingerprint density at radius 3 is 2.48 bits per heavy atom. The number of amides is 1. The van der Waals surface area contributed by atoms with Crippen molar-refractivity contribution >= 4 is 23.2 Å². The maximum atomic E-state index is 12.5. The molecule has 0 fully saturated rings. The maximum absolute atomic E-state index is 12.5. The Kier molecular flexibility index (Phi) is 5.68. The predicted molar refractivity (Wildman–Crippen MR) is 102 cm³/mol. The minimum atomic E-state index is -0.613. The zero-order chi connectivity index (χ0) is 19.2. The normalized spacial score (nSPS) is 10.3. The van der Waals surface area contributed by atoms with Crippen molar-refractivity contribution in [3.8, 4) is 11.5 Å². The van der Waals surface area contributed by atoms with Crippen LogP contribution in [0.15, 0.2) is 72.8 Å². The fourth-order valence-corrected chi connectivity index (χ4v) is 2.66. The average molecular weight is 383 g/mol. The van der Waals surface area contributed by atoms with Gasteiger partial charge in [-0.2, -0.15) is 0 Å². The second-order valence-electron chi connectivity index (χ2n) is 5.62. The van der Waals surface area contributed by atoms with Gasteiger partial charge in [-0.15, -0.1) is 0 Å². The second kappa shape index (κ2) is 8.33. The molecule has 1 N–H and O–H groups in total. The number of rotatable bonds is 6. The molecule has 136 valence electrons. The molecule has 0 aliphatic rings. The van der Waals surface area contributed by atoms with Gasteiger partial charge in [-0.05, 0) is 30.3 Å². The minimum Gasteiger partial charge on any atom is -0.457 e. The van der Waals surface area contributed by atoms with Crippen molar-refractivity contribution < 1.29 is 14.5 Å². The molecule has 6 nitrogen and oxygen atoms in total. The molecular formula is C20H15ClN2O4. The van der Waals surface area contributed by atoms with E-state index in [1.807, 2.05) is 48.5 Å². The highest BCUT2D eigenvalue weighted by atomic mass is 35.5. The summed E-state index contributed by atoms with van der Waals surface area (Å²) >= 11 is 5.88. The van der Waals surface area contributed by atoms with Crippen molar-refractivity contribution in [1.29, 1.82) is 0 Å². The van der Waals surface area contributed by atoms with Crippen molar-refractivity contribution in [3.63, 3.8) is 0 Å². The number of carbonyl (C=O) groups is 1. The third-order valence-corrected chi connectivity index (χ3v) is 4.02. The lowest BCUT2D eigenvalue weighted by atomic mass is 10.1. The summed E-state index contributed by atoms with van der Waals surface area (Å²) in [7, 11) is 0. The molecule has 3 aromatic rings. The van der Waals surface area contributed by atoms with Crippen molar-refractivity contribution in [1.82, 2.24) is 5.32 Å². The van der Waals surface area contributed by atoms with Crippen LogP contribution in [-0.4, -0.2) is 10.8 Å². The largest absolute Gasteiger partial charge is 0.457 e. The summed E-state index contributed by atoms with van der Waals surface area (Å²) in [6.45, 7) is 0.144. The summed E-state index contributed by atoms with van der Waals surface area (Å²) in [5.74, 6) is 0.671. The fraction of sp³-hybridized carbons (Fsp3) is 0.0500. The first-order valence-electron chi connectivity index (χ1n) is 8.07. The molecule has 0 heterocycles. The van der Waals surface area contributed by atoms with E-state index in [1.54, 1.807) is 6.07 Å². The van der Waals surface area contributed by atoms with Crippen LogP contribution in [0.25, 0.3) is 0 Å². The second-order valence-corrected chi connectivity index (χ2v) is 6.06. The SMILES string of the molecule is O=C(NCc1ccccc1Oc1ccccc1)c1cc(Cl)ccc1[N+](=O)[O-]. The predicted octanol–water partition coefficient (Wildman–Crippen LogP) is 4.97. The fourth-order valence-electron chi connectivity index (χ4n) is 2.49. The highest BCUT2D eigenvalue weighted by molar-refractivity contribution is 6.31. The Bertz CT molecular complexity index is 977. The highest BCUT2D eigenvalue weighted by Crippen LogP contribution is 2.26. The molecule has 0 aliphatic carbocycles. The van der Waals surface area contributed by atoms with Crippen LogP contribution in [0.3, 0.4) is 0 Å². The summed E-state index contributed by atoms with van der Waals surface area (Å²) in [4.78, 5) is 23.0. The van der Waals surface area contributed by atoms with Gasteiger partial charge in [-0.3, -0.25) is 14.9 Å². The number of ether oxygens (including phenoxy) is 1. The average Bonchev–Trinajstić information content (AvgIpc) is 2.67. The van der Waals surface area contributed by atoms with E-state index in [1.165, 1.54) is 18.2 Å². The number of nitrogens with one attached hydrogen (secondary N) is 1. The standard InChI is InChI=1S/C20H15ClN2O4/c21-15-10-11-18(23(25)26)17(12-15)20(24)22-13-14-6-4-5-9-19(14)27-16-7-2-1-3-8-16/h1-12H,13H2,(H,22,24). The van der Waals surface area contributed by atoms with E-state index in [4.69, 9.17) is 16.3 Å². The molecule has 0 saturated carbocycles. The molecule has 0 aliphatic heterocycles. The summed E-state index contributed by atoms with van der Waals surface area (Å²) < 4.78 is 5.85. The zero-order valence-corrected chi connectivity index (χ0v) is 14.8. The van der Waals surface area contributed by atoms with E-state index in [0.29, 0.717) is 11.5 Å². The first kappa shape index (κ1) is 18.4. The Morgan fingerprint density at radius 1 is 1.04 bits per heavy atom. The molecular weight excluding hydrogens is 368 g/mol. The summed E-state index contributed by atoms with van der Waals surface area (Å²) in [6, 6.07) is 20.4. The third kappa shape index (κ3) is 4.62. The van der Waals surface area contributed by atoms with Gasteiger partial charge in [0.25, 0.3) is 11.6 Å². The zero-order valence-electron chi connectivity index (χ0n) is 14.1. The monoisotopic (exact) mass is 382 g/mol. The van der Waals surface area contributed by atoms with Gasteiger partial charge >= 0.3 is 0 Å². The Labute approximate surface area is 160 Å². The number of nitrogens with zero attached hydrogens (tertiary/aromatic N) is 1. The van der Waals surface area contributed by atoms with Crippen LogP contribution in [0.4, 0.5) is 5.69 Å². The van der Waals surface area contributed by atoms with Crippen molar-refractivity contribution in [2.75, 3.05) is 0 Å². The van der Waals surface area contributed by atoms with E-state index in [-0.39, 0.29) is 22.8 Å². The number of nitro benzene ring substituents is 1. The molecule has 7 heteroatoms. The van der Waals surface area contributed by atoms with Gasteiger partial charge in [0.1, 0.15) is 17.1 Å². The molecule has 3 aromatic carbocycles. The minimum absolute atomic E-state index is 0.0889. The molecule has 1 amide bonds. The van der Waals surface area contributed by atoms with Gasteiger partial charge in [0.05, 0.1) is 4.92 Å². The van der Waals surface area contributed by atoms with Gasteiger partial charge in [-0.25, -0.2) is 0 Å². The Hall–Kier alpha value is -3.38. The highest BCUT2D eigenvalue weighted by Gasteiger charge is 2.20. The van der Waals surface area contributed by atoms with Crippen LogP contribution in [0.5, 0.6) is 11.5 Å². The lowest BCUT2D eigenvalue weighted by molar-refractivity contribution is -0.385. The number of hydrogen-bond donors (Lipinski definition) is 1. The van der Waals surface area contributed by atoms with Crippen LogP contribution in [-0.2, 0) is 6.54 Å². The number of para-hydroxylation sites is 2. The number of nitro groups is 1. The molecule has 0 unspecified atom stereocenters. The number of carbonyl (C=O) groups excluding carboxylic acids is 1. The van der Waals surface area contributed by atoms with Gasteiger partial charge in [0.2, 0.25) is 0 Å². The van der Waals surface area contributed by atoms with Gasteiger partial charge < -0.3 is 10.1 Å². The van der Waals surface area contributed by atoms with Gasteiger partial charge in [-0.1, -0.05) is 48.0 Å². The lowest BCUT2D eigenvalue weighted by Gasteiger charge is -2.12. The third-order valence-electron chi connectivity index (χ3n) is 3.78. The van der Waals surface area contributed by atoms with Crippen molar-refractivity contribution in [3.05, 3.63) is 99.1 Å². The number of hydrogen-bond acceptors (Lipinski definition) is 4. The topological polar surface area (TPSA) is 81.5 Å². The van der Waals surface area contributed by atoms with Crippen LogP contribution in [0.1, 0.15) is 15.9 Å². The van der Waals surface area contributed by atoms with Crippen LogP contribution < -0.4 is 10.1 Å². The Balaban J connectivity index is 1.77. The van der Waals surface area contributed by atoms with Crippen LogP contribution in [0, 0.1) is 10.1 Å². The molecule has 0 bridgehead atoms. The summed E-state index contributed by atoms with van der Waals surface area (Å²) in [5, 5.41) is 14.1. The molecule has 0 aromatic heterocycles. The molecule has 0 radical (unpaired) electrons. The number of halogens is 1.